The maximum atomic E-state index is 4.83. The van der Waals surface area contributed by atoms with Crippen LogP contribution in [0.3, 0.4) is 0 Å². The molecule has 1 fully saturated rings. The van der Waals surface area contributed by atoms with E-state index in [1.165, 1.54) is 25.7 Å². The molecule has 0 bridgehead atoms. The zero-order valence-electron chi connectivity index (χ0n) is 13.7. The molecule has 21 heavy (non-hydrogen) atoms. The van der Waals surface area contributed by atoms with Gasteiger partial charge in [-0.1, -0.05) is 20.8 Å². The molecule has 1 N–H and O–H groups in total. The van der Waals surface area contributed by atoms with E-state index in [1.807, 2.05) is 0 Å². The smallest absolute Gasteiger partial charge is 0.144 e. The first-order valence-corrected chi connectivity index (χ1v) is 9.16. The summed E-state index contributed by atoms with van der Waals surface area (Å²) < 4.78 is 1.03. The van der Waals surface area contributed by atoms with Crippen LogP contribution < -0.4 is 5.32 Å². The van der Waals surface area contributed by atoms with Crippen LogP contribution in [0.25, 0.3) is 0 Å². The molecule has 1 aromatic rings. The van der Waals surface area contributed by atoms with Crippen LogP contribution in [0.15, 0.2) is 4.47 Å². The molecule has 3 nitrogen and oxygen atoms in total. The molecule has 0 spiro atoms. The first-order chi connectivity index (χ1) is 10.1. The van der Waals surface area contributed by atoms with Gasteiger partial charge >= 0.3 is 0 Å². The molecule has 118 valence electrons. The maximum absolute atomic E-state index is 4.83. The quantitative estimate of drug-likeness (QED) is 0.793. The summed E-state index contributed by atoms with van der Waals surface area (Å²) in [6, 6.07) is 0. The van der Waals surface area contributed by atoms with Gasteiger partial charge in [-0.3, -0.25) is 0 Å². The van der Waals surface area contributed by atoms with Gasteiger partial charge in [-0.05, 0) is 66.8 Å². The summed E-state index contributed by atoms with van der Waals surface area (Å²) in [7, 11) is 0. The van der Waals surface area contributed by atoms with E-state index < -0.39 is 0 Å². The Kier molecular flexibility index (Phi) is 6.03. The number of nitrogens with one attached hydrogen (secondary N) is 1. The van der Waals surface area contributed by atoms with E-state index >= 15 is 0 Å². The Morgan fingerprint density at radius 2 is 1.81 bits per heavy atom. The highest BCUT2D eigenvalue weighted by molar-refractivity contribution is 9.10. The number of hydrogen-bond acceptors (Lipinski definition) is 3. The fraction of sp³-hybridized carbons (Fsp3) is 0.765. The lowest BCUT2D eigenvalue weighted by atomic mass is 9.76. The molecule has 0 radical (unpaired) electrons. The van der Waals surface area contributed by atoms with E-state index in [-0.39, 0.29) is 0 Å². The van der Waals surface area contributed by atoms with Crippen molar-refractivity contribution in [1.29, 1.82) is 0 Å². The van der Waals surface area contributed by atoms with E-state index in [1.54, 1.807) is 0 Å². The topological polar surface area (TPSA) is 37.8 Å². The number of halogens is 1. The van der Waals surface area contributed by atoms with E-state index in [0.717, 1.165) is 46.6 Å². The molecule has 0 unspecified atom stereocenters. The van der Waals surface area contributed by atoms with Crippen LogP contribution >= 0.6 is 15.9 Å². The number of hydrogen-bond donors (Lipinski definition) is 1. The predicted molar refractivity (Wildman–Crippen MR) is 92.8 cm³/mol. The van der Waals surface area contributed by atoms with Gasteiger partial charge in [0.25, 0.3) is 0 Å². The number of aromatic nitrogens is 2. The molecule has 0 amide bonds. The Bertz CT molecular complexity index is 465. The lowest BCUT2D eigenvalue weighted by Gasteiger charge is -2.30. The highest BCUT2D eigenvalue weighted by Gasteiger charge is 2.26. The number of rotatable bonds is 5. The molecule has 2 rings (SSSR count). The van der Waals surface area contributed by atoms with Gasteiger partial charge in [0.2, 0.25) is 0 Å². The Morgan fingerprint density at radius 1 is 1.14 bits per heavy atom. The molecule has 1 aliphatic rings. The number of aryl methyl sites for hydroxylation is 1. The van der Waals surface area contributed by atoms with Crippen LogP contribution in [0.5, 0.6) is 0 Å². The molecule has 0 aromatic carbocycles. The third-order valence-electron chi connectivity index (χ3n) is 4.70. The molecular formula is C17H28BrN3. The van der Waals surface area contributed by atoms with Gasteiger partial charge < -0.3 is 5.32 Å². The fourth-order valence-electron chi connectivity index (χ4n) is 3.26. The van der Waals surface area contributed by atoms with E-state index in [9.17, 15) is 0 Å². The first kappa shape index (κ1) is 16.7. The van der Waals surface area contributed by atoms with Crippen molar-refractivity contribution in [2.75, 3.05) is 11.9 Å². The molecule has 4 heteroatoms. The lowest BCUT2D eigenvalue weighted by molar-refractivity contribution is 0.254. The van der Waals surface area contributed by atoms with Crippen molar-refractivity contribution >= 4 is 21.7 Å². The Balaban J connectivity index is 2.18. The van der Waals surface area contributed by atoms with Gasteiger partial charge in [-0.2, -0.15) is 0 Å². The second kappa shape index (κ2) is 7.57. The van der Waals surface area contributed by atoms with Crippen LogP contribution in [-0.2, 0) is 6.42 Å². The molecule has 1 heterocycles. The summed E-state index contributed by atoms with van der Waals surface area (Å²) in [6.45, 7) is 9.84. The SMILES string of the molecule is CCNc1nc(C2CCC(C(C)C)CC2)nc(CC)c1Br. The van der Waals surface area contributed by atoms with E-state index in [0.29, 0.717) is 5.92 Å². The highest BCUT2D eigenvalue weighted by atomic mass is 79.9. The summed E-state index contributed by atoms with van der Waals surface area (Å²) in [4.78, 5) is 9.62. The number of nitrogens with zero attached hydrogens (tertiary/aromatic N) is 2. The Morgan fingerprint density at radius 3 is 2.33 bits per heavy atom. The zero-order chi connectivity index (χ0) is 15.4. The van der Waals surface area contributed by atoms with Crippen LogP contribution in [0.1, 0.15) is 70.8 Å². The minimum Gasteiger partial charge on any atom is -0.369 e. The van der Waals surface area contributed by atoms with Crippen LogP contribution in [0, 0.1) is 11.8 Å². The standard InChI is InChI=1S/C17H28BrN3/c1-5-14-15(18)17(19-6-2)21-16(20-14)13-9-7-12(8-10-13)11(3)4/h11-13H,5-10H2,1-4H3,(H,19,20,21). The molecule has 0 saturated heterocycles. The molecule has 1 saturated carbocycles. The third kappa shape index (κ3) is 3.97. The largest absolute Gasteiger partial charge is 0.369 e. The second-order valence-corrected chi connectivity index (χ2v) is 7.22. The van der Waals surface area contributed by atoms with Gasteiger partial charge in [0, 0.05) is 12.5 Å². The fourth-order valence-corrected chi connectivity index (χ4v) is 3.86. The Hall–Kier alpha value is -0.640. The average Bonchev–Trinajstić information content (AvgIpc) is 2.49. The van der Waals surface area contributed by atoms with Crippen molar-refractivity contribution in [2.45, 2.75) is 65.7 Å². The average molecular weight is 354 g/mol. The number of anilines is 1. The molecule has 1 aliphatic carbocycles. The minimum atomic E-state index is 0.538. The zero-order valence-corrected chi connectivity index (χ0v) is 15.3. The maximum Gasteiger partial charge on any atom is 0.144 e. The van der Waals surface area contributed by atoms with Crippen molar-refractivity contribution < 1.29 is 0 Å². The normalized spacial score (nSPS) is 22.6. The minimum absolute atomic E-state index is 0.538. The molecular weight excluding hydrogens is 326 g/mol. The van der Waals surface area contributed by atoms with Crippen LogP contribution in [0.2, 0.25) is 0 Å². The van der Waals surface area contributed by atoms with E-state index in [4.69, 9.17) is 9.97 Å². The highest BCUT2D eigenvalue weighted by Crippen LogP contribution is 2.38. The van der Waals surface area contributed by atoms with Gasteiger partial charge in [-0.15, -0.1) is 0 Å². The summed E-state index contributed by atoms with van der Waals surface area (Å²) in [5.74, 6) is 4.24. The predicted octanol–water partition coefficient (Wildman–Crippen LogP) is 5.16. The van der Waals surface area contributed by atoms with Crippen molar-refractivity contribution in [2.24, 2.45) is 11.8 Å². The summed E-state index contributed by atoms with van der Waals surface area (Å²) in [5.41, 5.74) is 1.13. The van der Waals surface area contributed by atoms with Crippen molar-refractivity contribution in [1.82, 2.24) is 9.97 Å². The van der Waals surface area contributed by atoms with Crippen molar-refractivity contribution in [3.05, 3.63) is 16.0 Å². The second-order valence-electron chi connectivity index (χ2n) is 6.43. The van der Waals surface area contributed by atoms with Crippen molar-refractivity contribution in [3.8, 4) is 0 Å². The lowest BCUT2D eigenvalue weighted by Crippen LogP contribution is -2.20. The van der Waals surface area contributed by atoms with Crippen molar-refractivity contribution in [3.63, 3.8) is 0 Å². The van der Waals surface area contributed by atoms with Gasteiger partial charge in [0.05, 0.1) is 10.2 Å². The first-order valence-electron chi connectivity index (χ1n) is 8.36. The summed E-state index contributed by atoms with van der Waals surface area (Å²) in [5, 5.41) is 3.36. The van der Waals surface area contributed by atoms with Gasteiger partial charge in [-0.25, -0.2) is 9.97 Å². The molecule has 0 atom stereocenters. The summed E-state index contributed by atoms with van der Waals surface area (Å²) in [6.07, 6.45) is 6.05. The van der Waals surface area contributed by atoms with Gasteiger partial charge in [0.15, 0.2) is 0 Å². The monoisotopic (exact) mass is 353 g/mol. The third-order valence-corrected chi connectivity index (χ3v) is 5.53. The van der Waals surface area contributed by atoms with Crippen LogP contribution in [-0.4, -0.2) is 16.5 Å². The molecule has 1 aromatic heterocycles. The van der Waals surface area contributed by atoms with Gasteiger partial charge in [0.1, 0.15) is 11.6 Å². The van der Waals surface area contributed by atoms with E-state index in [2.05, 4.69) is 48.9 Å². The Labute approximate surface area is 137 Å². The van der Waals surface area contributed by atoms with Crippen LogP contribution in [0.4, 0.5) is 5.82 Å². The molecule has 0 aliphatic heterocycles. The summed E-state index contributed by atoms with van der Waals surface area (Å²) >= 11 is 3.64.